The van der Waals surface area contributed by atoms with Crippen LogP contribution in [0.3, 0.4) is 0 Å². The standard InChI is InChI=1S/C31H30Cl2N4O4S/c1-18(2)41-29(38)27-19(3)34-30-35-31(42-17-22-10-6-8-12-24(22)33)36-37(30)28(27)20-13-14-25(26(15-20)39-4)40-16-21-9-5-7-11-23(21)32/h5-15,18,28H,16-17H2,1-4H3,(H,34,35,36). The Morgan fingerprint density at radius 1 is 1.02 bits per heavy atom. The van der Waals surface area contributed by atoms with Gasteiger partial charge in [-0.1, -0.05) is 77.4 Å². The van der Waals surface area contributed by atoms with Gasteiger partial charge in [-0.3, -0.25) is 0 Å². The van der Waals surface area contributed by atoms with Gasteiger partial charge in [0, 0.05) is 27.1 Å². The van der Waals surface area contributed by atoms with Gasteiger partial charge in [0.15, 0.2) is 11.5 Å². The second-order valence-corrected chi connectivity index (χ2v) is 11.6. The third kappa shape index (κ3) is 6.53. The molecule has 0 saturated heterocycles. The van der Waals surface area contributed by atoms with Crippen molar-refractivity contribution in [2.45, 2.75) is 50.4 Å². The van der Waals surface area contributed by atoms with Crippen LogP contribution >= 0.6 is 35.0 Å². The largest absolute Gasteiger partial charge is 0.493 e. The summed E-state index contributed by atoms with van der Waals surface area (Å²) in [4.78, 5) is 18.1. The minimum Gasteiger partial charge on any atom is -0.493 e. The van der Waals surface area contributed by atoms with E-state index in [9.17, 15) is 4.79 Å². The first-order valence-electron chi connectivity index (χ1n) is 13.3. The van der Waals surface area contributed by atoms with Crippen LogP contribution in [0.25, 0.3) is 0 Å². The summed E-state index contributed by atoms with van der Waals surface area (Å²) < 4.78 is 19.1. The van der Waals surface area contributed by atoms with Gasteiger partial charge in [-0.05, 0) is 56.2 Å². The minimum atomic E-state index is -0.624. The van der Waals surface area contributed by atoms with Crippen LogP contribution in [-0.2, 0) is 21.9 Å². The van der Waals surface area contributed by atoms with E-state index in [1.165, 1.54) is 11.8 Å². The first-order valence-corrected chi connectivity index (χ1v) is 15.0. The van der Waals surface area contributed by atoms with Crippen LogP contribution in [0.1, 0.15) is 43.5 Å². The summed E-state index contributed by atoms with van der Waals surface area (Å²) in [6, 6.07) is 20.1. The van der Waals surface area contributed by atoms with E-state index in [1.54, 1.807) is 11.8 Å². The molecule has 0 spiro atoms. The van der Waals surface area contributed by atoms with Crippen molar-refractivity contribution in [2.24, 2.45) is 0 Å². The zero-order chi connectivity index (χ0) is 29.8. The third-order valence-electron chi connectivity index (χ3n) is 6.55. The van der Waals surface area contributed by atoms with Crippen LogP contribution < -0.4 is 14.8 Å². The average Bonchev–Trinajstić information content (AvgIpc) is 3.37. The van der Waals surface area contributed by atoms with Crippen molar-refractivity contribution in [3.05, 3.63) is 105 Å². The average molecular weight is 626 g/mol. The second-order valence-electron chi connectivity index (χ2n) is 9.85. The van der Waals surface area contributed by atoms with E-state index in [2.05, 4.69) is 5.32 Å². The number of allylic oxidation sites excluding steroid dienone is 1. The number of ether oxygens (including phenoxy) is 3. The summed E-state index contributed by atoms with van der Waals surface area (Å²) in [7, 11) is 1.57. The van der Waals surface area contributed by atoms with E-state index in [4.69, 9.17) is 47.5 Å². The van der Waals surface area contributed by atoms with Gasteiger partial charge < -0.3 is 19.5 Å². The number of thioether (sulfide) groups is 1. The molecule has 2 heterocycles. The molecule has 1 atom stereocenters. The van der Waals surface area contributed by atoms with E-state index >= 15 is 0 Å². The molecule has 1 aliphatic heterocycles. The predicted octanol–water partition coefficient (Wildman–Crippen LogP) is 7.71. The fourth-order valence-electron chi connectivity index (χ4n) is 4.54. The number of aromatic nitrogens is 3. The maximum atomic E-state index is 13.4. The first kappa shape index (κ1) is 29.8. The molecule has 11 heteroatoms. The monoisotopic (exact) mass is 624 g/mol. The Morgan fingerprint density at radius 2 is 1.71 bits per heavy atom. The number of halogens is 2. The number of hydrogen-bond donors (Lipinski definition) is 1. The topological polar surface area (TPSA) is 87.5 Å². The van der Waals surface area contributed by atoms with E-state index in [1.807, 2.05) is 87.5 Å². The molecule has 0 bridgehead atoms. The lowest BCUT2D eigenvalue weighted by Gasteiger charge is -2.29. The fourth-order valence-corrected chi connectivity index (χ4v) is 5.85. The van der Waals surface area contributed by atoms with Crippen LogP contribution in [0, 0.1) is 0 Å². The minimum absolute atomic E-state index is 0.271. The van der Waals surface area contributed by atoms with Crippen LogP contribution in [0.5, 0.6) is 11.5 Å². The lowest BCUT2D eigenvalue weighted by molar-refractivity contribution is -0.143. The molecule has 0 aliphatic carbocycles. The molecule has 1 unspecified atom stereocenters. The highest BCUT2D eigenvalue weighted by atomic mass is 35.5. The van der Waals surface area contributed by atoms with Crippen LogP contribution in [-0.4, -0.2) is 33.9 Å². The zero-order valence-corrected chi connectivity index (χ0v) is 25.9. The molecule has 5 rings (SSSR count). The lowest BCUT2D eigenvalue weighted by Crippen LogP contribution is -2.30. The van der Waals surface area contributed by atoms with Gasteiger partial charge in [0.05, 0.1) is 18.8 Å². The van der Waals surface area contributed by atoms with Crippen molar-refractivity contribution in [3.8, 4) is 11.5 Å². The van der Waals surface area contributed by atoms with Gasteiger partial charge in [-0.25, -0.2) is 9.48 Å². The SMILES string of the molecule is COc1cc(C2C(C(=O)OC(C)C)=C(C)Nc3nc(SCc4ccccc4Cl)nn32)ccc1OCc1ccccc1Cl. The Labute approximate surface area is 259 Å². The highest BCUT2D eigenvalue weighted by Gasteiger charge is 2.36. The number of esters is 1. The summed E-state index contributed by atoms with van der Waals surface area (Å²) in [6.45, 7) is 5.74. The van der Waals surface area contributed by atoms with Crippen molar-refractivity contribution in [3.63, 3.8) is 0 Å². The molecule has 218 valence electrons. The molecule has 0 fully saturated rings. The zero-order valence-electron chi connectivity index (χ0n) is 23.6. The number of anilines is 1. The van der Waals surface area contributed by atoms with Crippen LogP contribution in [0.15, 0.2) is 83.2 Å². The first-order chi connectivity index (χ1) is 20.2. The van der Waals surface area contributed by atoms with Gasteiger partial charge in [0.25, 0.3) is 0 Å². The van der Waals surface area contributed by atoms with Crippen molar-refractivity contribution < 1.29 is 19.0 Å². The number of carbonyl (C=O) groups is 1. The van der Waals surface area contributed by atoms with Gasteiger partial charge in [-0.2, -0.15) is 4.98 Å². The summed E-state index contributed by atoms with van der Waals surface area (Å²) in [5, 5.41) is 9.89. The lowest BCUT2D eigenvalue weighted by atomic mass is 9.95. The van der Waals surface area contributed by atoms with Crippen molar-refractivity contribution >= 4 is 46.9 Å². The molecule has 1 aromatic heterocycles. The number of fused-ring (bicyclic) bond motifs is 1. The quantitative estimate of drug-likeness (QED) is 0.142. The Hall–Kier alpha value is -3.66. The fraction of sp³-hybridized carbons (Fsp3) is 0.258. The van der Waals surface area contributed by atoms with Crippen molar-refractivity contribution in [1.82, 2.24) is 14.8 Å². The van der Waals surface area contributed by atoms with E-state index in [0.29, 0.717) is 49.7 Å². The van der Waals surface area contributed by atoms with E-state index in [0.717, 1.165) is 16.7 Å². The Morgan fingerprint density at radius 3 is 2.38 bits per heavy atom. The molecule has 0 amide bonds. The van der Waals surface area contributed by atoms with Crippen LogP contribution in [0.2, 0.25) is 10.0 Å². The predicted molar refractivity (Wildman–Crippen MR) is 166 cm³/mol. The summed E-state index contributed by atoms with van der Waals surface area (Å²) >= 11 is 14.1. The normalized spacial score (nSPS) is 14.4. The highest BCUT2D eigenvalue weighted by molar-refractivity contribution is 7.98. The Balaban J connectivity index is 1.49. The smallest absolute Gasteiger partial charge is 0.338 e. The summed E-state index contributed by atoms with van der Waals surface area (Å²) in [5.41, 5.74) is 3.65. The van der Waals surface area contributed by atoms with Gasteiger partial charge in [0.2, 0.25) is 11.1 Å². The molecular formula is C31H30Cl2N4O4S. The van der Waals surface area contributed by atoms with E-state index < -0.39 is 12.0 Å². The molecule has 0 radical (unpaired) electrons. The summed E-state index contributed by atoms with van der Waals surface area (Å²) in [5.74, 6) is 1.70. The van der Waals surface area contributed by atoms with Crippen molar-refractivity contribution in [2.75, 3.05) is 12.4 Å². The number of hydrogen-bond acceptors (Lipinski definition) is 8. The molecule has 42 heavy (non-hydrogen) atoms. The number of rotatable bonds is 10. The molecule has 1 N–H and O–H groups in total. The molecule has 8 nitrogen and oxygen atoms in total. The Bertz CT molecular complexity index is 1640. The second kappa shape index (κ2) is 13.1. The molecule has 0 saturated carbocycles. The molecule has 1 aliphatic rings. The molecule has 4 aromatic rings. The highest BCUT2D eigenvalue weighted by Crippen LogP contribution is 2.40. The van der Waals surface area contributed by atoms with Crippen molar-refractivity contribution in [1.29, 1.82) is 0 Å². The molecule has 3 aromatic carbocycles. The van der Waals surface area contributed by atoms with E-state index in [-0.39, 0.29) is 12.7 Å². The number of nitrogens with one attached hydrogen (secondary N) is 1. The number of carbonyl (C=O) groups excluding carboxylic acids is 1. The van der Waals surface area contributed by atoms with Gasteiger partial charge in [-0.15, -0.1) is 5.10 Å². The number of nitrogens with zero attached hydrogens (tertiary/aromatic N) is 3. The molecular weight excluding hydrogens is 595 g/mol. The number of benzene rings is 3. The summed E-state index contributed by atoms with van der Waals surface area (Å²) in [6.07, 6.45) is -0.299. The Kier molecular flexibility index (Phi) is 9.30. The maximum absolute atomic E-state index is 13.4. The maximum Gasteiger partial charge on any atom is 0.338 e. The third-order valence-corrected chi connectivity index (χ3v) is 8.18. The van der Waals surface area contributed by atoms with Crippen LogP contribution in [0.4, 0.5) is 5.95 Å². The van der Waals surface area contributed by atoms with Gasteiger partial charge in [0.1, 0.15) is 12.6 Å². The number of methoxy groups -OCH3 is 1. The van der Waals surface area contributed by atoms with Gasteiger partial charge >= 0.3 is 5.97 Å².